The van der Waals surface area contributed by atoms with Gasteiger partial charge in [-0.2, -0.15) is 0 Å². The Kier molecular flexibility index (Phi) is 2.77. The van der Waals surface area contributed by atoms with E-state index in [1.807, 2.05) is 0 Å². The van der Waals surface area contributed by atoms with Crippen LogP contribution in [0.3, 0.4) is 0 Å². The molecule has 0 aliphatic heterocycles. The van der Waals surface area contributed by atoms with Crippen molar-refractivity contribution < 1.29 is 0 Å². The highest BCUT2D eigenvalue weighted by atomic mass is 14.7. The minimum absolute atomic E-state index is 0.174. The minimum Gasteiger partial charge on any atom is -0.316 e. The first-order chi connectivity index (χ1) is 7.27. The van der Waals surface area contributed by atoms with Gasteiger partial charge in [0.1, 0.15) is 0 Å². The lowest BCUT2D eigenvalue weighted by molar-refractivity contribution is 0.478. The second-order valence-corrected chi connectivity index (χ2v) is 4.67. The average molecular weight is 199 g/mol. The maximum absolute atomic E-state index is 7.12. The number of hydrogen-bond acceptors (Lipinski definition) is 0. The van der Waals surface area contributed by atoms with Crippen LogP contribution in [0.25, 0.3) is 4.85 Å². The molecule has 0 spiro atoms. The first-order valence-electron chi connectivity index (χ1n) is 5.67. The highest BCUT2D eigenvalue weighted by Gasteiger charge is 2.38. The normalized spacial score (nSPS) is 18.7. The Labute approximate surface area is 91.9 Å². The third kappa shape index (κ3) is 1.90. The fourth-order valence-electron chi connectivity index (χ4n) is 2.72. The topological polar surface area (TPSA) is 4.36 Å². The largest absolute Gasteiger partial charge is 0.316 e. The predicted molar refractivity (Wildman–Crippen MR) is 62.8 cm³/mol. The van der Waals surface area contributed by atoms with Gasteiger partial charge in [-0.25, -0.2) is 6.57 Å². The van der Waals surface area contributed by atoms with Crippen LogP contribution in [0.5, 0.6) is 0 Å². The van der Waals surface area contributed by atoms with Crippen molar-refractivity contribution in [2.45, 2.75) is 38.0 Å². The van der Waals surface area contributed by atoms with E-state index < -0.39 is 0 Å². The Morgan fingerprint density at radius 1 is 1.33 bits per heavy atom. The maximum atomic E-state index is 7.12. The van der Waals surface area contributed by atoms with Gasteiger partial charge in [-0.15, -0.1) is 0 Å². The molecule has 2 rings (SSSR count). The molecule has 0 heterocycles. The molecule has 0 N–H and O–H groups in total. The monoisotopic (exact) mass is 199 g/mol. The summed E-state index contributed by atoms with van der Waals surface area (Å²) in [4.78, 5) is 3.65. The summed E-state index contributed by atoms with van der Waals surface area (Å²) in [5.74, 6) is 0. The molecule has 0 atom stereocenters. The van der Waals surface area contributed by atoms with Gasteiger partial charge in [0.15, 0.2) is 0 Å². The van der Waals surface area contributed by atoms with Gasteiger partial charge in [-0.1, -0.05) is 42.7 Å². The molecule has 0 saturated heterocycles. The zero-order chi connectivity index (χ0) is 10.7. The van der Waals surface area contributed by atoms with Crippen molar-refractivity contribution in [2.75, 3.05) is 6.54 Å². The van der Waals surface area contributed by atoms with Gasteiger partial charge in [-0.05, 0) is 25.3 Å². The summed E-state index contributed by atoms with van der Waals surface area (Å²) in [6, 6.07) is 8.71. The first-order valence-corrected chi connectivity index (χ1v) is 5.67. The van der Waals surface area contributed by atoms with Crippen LogP contribution in [0, 0.1) is 13.5 Å². The second kappa shape index (κ2) is 4.06. The molecule has 15 heavy (non-hydrogen) atoms. The number of benzene rings is 1. The Bertz CT molecular complexity index is 381. The van der Waals surface area contributed by atoms with Crippen LogP contribution in [0.2, 0.25) is 0 Å². The molecule has 1 aliphatic carbocycles. The van der Waals surface area contributed by atoms with Crippen molar-refractivity contribution in [3.8, 4) is 0 Å². The zero-order valence-electron chi connectivity index (χ0n) is 9.29. The van der Waals surface area contributed by atoms with E-state index >= 15 is 0 Å². The molecule has 1 heteroatoms. The van der Waals surface area contributed by atoms with Crippen molar-refractivity contribution in [1.29, 1.82) is 0 Å². The first kappa shape index (κ1) is 10.2. The molecule has 0 radical (unpaired) electrons. The molecular weight excluding hydrogens is 182 g/mol. The third-order valence-electron chi connectivity index (χ3n) is 3.57. The lowest BCUT2D eigenvalue weighted by atomic mass is 9.78. The number of nitrogens with zero attached hydrogens (tertiary/aromatic N) is 1. The Morgan fingerprint density at radius 3 is 2.67 bits per heavy atom. The Balaban J connectivity index is 2.37. The molecule has 1 aromatic carbocycles. The van der Waals surface area contributed by atoms with Gasteiger partial charge < -0.3 is 4.85 Å². The van der Waals surface area contributed by atoms with Crippen molar-refractivity contribution >= 4 is 0 Å². The summed E-state index contributed by atoms with van der Waals surface area (Å²) in [7, 11) is 0. The predicted octanol–water partition coefficient (Wildman–Crippen LogP) is 3.73. The van der Waals surface area contributed by atoms with E-state index in [1.165, 1.54) is 36.8 Å². The summed E-state index contributed by atoms with van der Waals surface area (Å²) in [5.41, 5.74) is 2.87. The smallest absolute Gasteiger partial charge is 0.224 e. The van der Waals surface area contributed by atoms with Gasteiger partial charge >= 0.3 is 0 Å². The highest BCUT2D eigenvalue weighted by Crippen LogP contribution is 2.41. The zero-order valence-corrected chi connectivity index (χ0v) is 9.29. The fourth-order valence-corrected chi connectivity index (χ4v) is 2.72. The van der Waals surface area contributed by atoms with E-state index in [0.29, 0.717) is 6.54 Å². The van der Waals surface area contributed by atoms with E-state index in [2.05, 4.69) is 36.0 Å². The van der Waals surface area contributed by atoms with Crippen molar-refractivity contribution in [2.24, 2.45) is 0 Å². The van der Waals surface area contributed by atoms with Crippen LogP contribution in [-0.2, 0) is 5.41 Å². The molecule has 1 aromatic rings. The van der Waals surface area contributed by atoms with E-state index in [0.717, 1.165) is 0 Å². The van der Waals surface area contributed by atoms with Crippen LogP contribution in [-0.4, -0.2) is 6.54 Å². The Hall–Kier alpha value is -1.29. The molecule has 1 nitrogen and oxygen atoms in total. The molecule has 0 bridgehead atoms. The van der Waals surface area contributed by atoms with Crippen molar-refractivity contribution in [3.05, 3.63) is 46.8 Å². The Morgan fingerprint density at radius 2 is 2.07 bits per heavy atom. The molecule has 1 fully saturated rings. The van der Waals surface area contributed by atoms with E-state index in [1.54, 1.807) is 0 Å². The lowest BCUT2D eigenvalue weighted by Crippen LogP contribution is -2.25. The highest BCUT2D eigenvalue weighted by molar-refractivity contribution is 5.31. The van der Waals surface area contributed by atoms with Gasteiger partial charge in [0.05, 0.1) is 5.41 Å². The van der Waals surface area contributed by atoms with Gasteiger partial charge in [0, 0.05) is 0 Å². The summed E-state index contributed by atoms with van der Waals surface area (Å²) in [5, 5.41) is 0. The minimum atomic E-state index is 0.174. The van der Waals surface area contributed by atoms with Crippen LogP contribution >= 0.6 is 0 Å². The molecule has 78 valence electrons. The number of rotatable bonds is 2. The fraction of sp³-hybridized carbons (Fsp3) is 0.500. The standard InChI is InChI=1S/C14H17N/c1-12-6-5-7-13(10-12)14(11-15-2)8-3-4-9-14/h5-7,10H,3-4,8-9,11H2,1H3. The second-order valence-electron chi connectivity index (χ2n) is 4.67. The van der Waals surface area contributed by atoms with E-state index in [-0.39, 0.29) is 5.41 Å². The SMILES string of the molecule is [C-]#[N+]CC1(c2cccc(C)c2)CCCC1. The van der Waals surface area contributed by atoms with E-state index in [9.17, 15) is 0 Å². The third-order valence-corrected chi connectivity index (χ3v) is 3.57. The van der Waals surface area contributed by atoms with Crippen LogP contribution in [0.15, 0.2) is 24.3 Å². The maximum Gasteiger partial charge on any atom is 0.224 e. The molecule has 1 saturated carbocycles. The van der Waals surface area contributed by atoms with Crippen LogP contribution < -0.4 is 0 Å². The summed E-state index contributed by atoms with van der Waals surface area (Å²) in [6.45, 7) is 9.91. The van der Waals surface area contributed by atoms with Crippen LogP contribution in [0.1, 0.15) is 36.8 Å². The van der Waals surface area contributed by atoms with Crippen molar-refractivity contribution in [3.63, 3.8) is 0 Å². The van der Waals surface area contributed by atoms with Gasteiger partial charge in [0.25, 0.3) is 0 Å². The molecule has 0 aromatic heterocycles. The molecular formula is C14H17N. The molecule has 0 unspecified atom stereocenters. The number of aryl methyl sites for hydroxylation is 1. The van der Waals surface area contributed by atoms with Gasteiger partial charge in [-0.3, -0.25) is 0 Å². The summed E-state index contributed by atoms with van der Waals surface area (Å²) >= 11 is 0. The van der Waals surface area contributed by atoms with Gasteiger partial charge in [0.2, 0.25) is 6.54 Å². The van der Waals surface area contributed by atoms with Crippen molar-refractivity contribution in [1.82, 2.24) is 0 Å². The lowest BCUT2D eigenvalue weighted by Gasteiger charge is -2.23. The average Bonchev–Trinajstić information content (AvgIpc) is 2.68. The molecule has 1 aliphatic rings. The quantitative estimate of drug-likeness (QED) is 0.639. The van der Waals surface area contributed by atoms with E-state index in [4.69, 9.17) is 6.57 Å². The van der Waals surface area contributed by atoms with Crippen LogP contribution in [0.4, 0.5) is 0 Å². The number of hydrogen-bond donors (Lipinski definition) is 0. The summed E-state index contributed by atoms with van der Waals surface area (Å²) in [6.07, 6.45) is 4.95. The summed E-state index contributed by atoms with van der Waals surface area (Å²) < 4.78 is 0. The molecule has 0 amide bonds.